The van der Waals surface area contributed by atoms with Crippen molar-refractivity contribution < 1.29 is 14.6 Å². The Labute approximate surface area is 199 Å². The van der Waals surface area contributed by atoms with Gasteiger partial charge in [0.25, 0.3) is 5.91 Å². The quantitative estimate of drug-likeness (QED) is 0.542. The zero-order valence-corrected chi connectivity index (χ0v) is 19.1. The second-order valence-electron chi connectivity index (χ2n) is 10.5. The minimum absolute atomic E-state index is 0.183. The number of likely N-dealkylation sites (tertiary alicyclic amines) is 1. The molecular weight excluding hydrogens is 426 g/mol. The van der Waals surface area contributed by atoms with E-state index in [1.807, 2.05) is 24.3 Å². The Morgan fingerprint density at radius 3 is 2.97 bits per heavy atom. The number of carbonyl (C=O) groups is 1. The van der Waals surface area contributed by atoms with Crippen molar-refractivity contribution in [2.24, 2.45) is 22.4 Å². The Hall–Kier alpha value is -3.12. The molecule has 5 aliphatic rings. The third kappa shape index (κ3) is 2.60. The van der Waals surface area contributed by atoms with Crippen LogP contribution in [0.4, 0.5) is 0 Å². The summed E-state index contributed by atoms with van der Waals surface area (Å²) in [5.41, 5.74) is 7.02. The number of hydrogen-bond donors (Lipinski definition) is 2. The Morgan fingerprint density at radius 1 is 1.29 bits per heavy atom. The maximum atomic E-state index is 12.7. The summed E-state index contributed by atoms with van der Waals surface area (Å²) >= 11 is 0. The lowest BCUT2D eigenvalue weighted by Gasteiger charge is -2.40. The van der Waals surface area contributed by atoms with E-state index in [0.29, 0.717) is 35.1 Å². The highest BCUT2D eigenvalue weighted by molar-refractivity contribution is 5.96. The average Bonchev–Trinajstić information content (AvgIpc) is 3.59. The third-order valence-corrected chi connectivity index (χ3v) is 9.19. The Morgan fingerprint density at radius 2 is 2.15 bits per heavy atom. The molecule has 2 aromatic carbocycles. The summed E-state index contributed by atoms with van der Waals surface area (Å²) in [6.07, 6.45) is 5.63. The predicted octanol–water partition coefficient (Wildman–Crippen LogP) is 3.87. The zero-order valence-electron chi connectivity index (χ0n) is 19.1. The second-order valence-corrected chi connectivity index (χ2v) is 10.5. The lowest BCUT2D eigenvalue weighted by molar-refractivity contribution is 0.0953. The molecule has 1 amide bonds. The highest BCUT2D eigenvalue weighted by atomic mass is 16.5. The first-order chi connectivity index (χ1) is 16.6. The number of nitrogens with one attached hydrogen (secondary N) is 1. The number of benzene rings is 2. The fraction of sp³-hybridized carbons (Fsp3) is 0.429. The number of aromatic hydroxyl groups is 1. The van der Waals surface area contributed by atoms with E-state index in [-0.39, 0.29) is 23.2 Å². The zero-order chi connectivity index (χ0) is 23.0. The molecule has 1 spiro atoms. The summed E-state index contributed by atoms with van der Waals surface area (Å²) in [5.74, 6) is 1.94. The molecular formula is C28H29N3O3. The van der Waals surface area contributed by atoms with E-state index >= 15 is 0 Å². The van der Waals surface area contributed by atoms with Crippen LogP contribution in [0.15, 0.2) is 60.2 Å². The molecule has 2 saturated carbocycles. The number of hydrazone groups is 1. The summed E-state index contributed by atoms with van der Waals surface area (Å²) in [7, 11) is 0. The number of carbonyl (C=O) groups excluding carboxylic acids is 1. The van der Waals surface area contributed by atoms with Gasteiger partial charge in [0.05, 0.1) is 5.71 Å². The molecule has 34 heavy (non-hydrogen) atoms. The van der Waals surface area contributed by atoms with Crippen LogP contribution in [-0.4, -0.2) is 46.9 Å². The van der Waals surface area contributed by atoms with Crippen molar-refractivity contribution in [1.29, 1.82) is 0 Å². The van der Waals surface area contributed by atoms with Gasteiger partial charge in [-0.1, -0.05) is 30.3 Å². The second kappa shape index (κ2) is 7.19. The van der Waals surface area contributed by atoms with Crippen molar-refractivity contribution >= 4 is 11.6 Å². The summed E-state index contributed by atoms with van der Waals surface area (Å²) < 4.78 is 6.67. The molecule has 4 bridgehead atoms. The normalized spacial score (nSPS) is 35.5. The predicted molar refractivity (Wildman–Crippen MR) is 129 cm³/mol. The molecule has 7 rings (SSSR count). The summed E-state index contributed by atoms with van der Waals surface area (Å²) in [4.78, 5) is 15.3. The maximum absolute atomic E-state index is 12.7. The Bertz CT molecular complexity index is 1220. The summed E-state index contributed by atoms with van der Waals surface area (Å²) in [6.45, 7) is 5.94. The van der Waals surface area contributed by atoms with E-state index in [2.05, 4.69) is 28.1 Å². The third-order valence-electron chi connectivity index (χ3n) is 9.19. The molecule has 0 aromatic heterocycles. The van der Waals surface area contributed by atoms with Crippen LogP contribution >= 0.6 is 0 Å². The number of phenols is 1. The van der Waals surface area contributed by atoms with Crippen LogP contribution in [-0.2, 0) is 6.42 Å². The van der Waals surface area contributed by atoms with Gasteiger partial charge in [0.1, 0.15) is 6.10 Å². The number of phenolic OH excluding ortho intramolecular Hbond substituents is 1. The van der Waals surface area contributed by atoms with Crippen molar-refractivity contribution in [3.63, 3.8) is 0 Å². The van der Waals surface area contributed by atoms with Gasteiger partial charge in [0, 0.05) is 29.6 Å². The summed E-state index contributed by atoms with van der Waals surface area (Å²) in [6, 6.07) is 13.5. The number of ether oxygens (including phenoxy) is 1. The van der Waals surface area contributed by atoms with Crippen LogP contribution in [0.5, 0.6) is 11.5 Å². The molecule has 3 aliphatic carbocycles. The van der Waals surface area contributed by atoms with Crippen molar-refractivity contribution in [2.45, 2.75) is 43.7 Å². The molecule has 3 fully saturated rings. The first-order valence-electron chi connectivity index (χ1n) is 12.4. The monoisotopic (exact) mass is 455 g/mol. The average molecular weight is 456 g/mol. The molecule has 0 radical (unpaired) electrons. The van der Waals surface area contributed by atoms with Crippen LogP contribution in [0.2, 0.25) is 0 Å². The van der Waals surface area contributed by atoms with E-state index in [4.69, 9.17) is 4.74 Å². The van der Waals surface area contributed by atoms with Crippen LogP contribution in [0.3, 0.4) is 0 Å². The first kappa shape index (κ1) is 20.3. The SMILES string of the molecule is C=CCN1CC[C@H]2C3C4c5c6ccc(O)c5O[C@H]2/C(=N/NC(=O)c2ccccc2)CC[C@@]43[C@H]1C6. The van der Waals surface area contributed by atoms with Gasteiger partial charge in [-0.2, -0.15) is 5.10 Å². The van der Waals surface area contributed by atoms with Crippen LogP contribution in [0, 0.1) is 17.3 Å². The van der Waals surface area contributed by atoms with E-state index in [1.54, 1.807) is 18.2 Å². The van der Waals surface area contributed by atoms with Crippen LogP contribution in [0.1, 0.15) is 46.7 Å². The topological polar surface area (TPSA) is 74.2 Å². The lowest BCUT2D eigenvalue weighted by Crippen LogP contribution is -2.46. The van der Waals surface area contributed by atoms with E-state index in [1.165, 1.54) is 11.1 Å². The fourth-order valence-electron chi connectivity index (χ4n) is 7.93. The first-order valence-corrected chi connectivity index (χ1v) is 12.4. The van der Waals surface area contributed by atoms with Crippen molar-refractivity contribution in [3.05, 3.63) is 71.8 Å². The van der Waals surface area contributed by atoms with Gasteiger partial charge < -0.3 is 9.84 Å². The molecule has 174 valence electrons. The van der Waals surface area contributed by atoms with Gasteiger partial charge in [0.2, 0.25) is 0 Å². The Balaban J connectivity index is 1.33. The highest BCUT2D eigenvalue weighted by Crippen LogP contribution is 2.80. The largest absolute Gasteiger partial charge is 0.504 e. The van der Waals surface area contributed by atoms with E-state index in [0.717, 1.165) is 44.5 Å². The van der Waals surface area contributed by atoms with Gasteiger partial charge in [-0.25, -0.2) is 5.43 Å². The lowest BCUT2D eigenvalue weighted by atomic mass is 9.76. The molecule has 2 unspecified atom stereocenters. The molecule has 6 atom stereocenters. The highest BCUT2D eigenvalue weighted by Gasteiger charge is 2.77. The van der Waals surface area contributed by atoms with Gasteiger partial charge >= 0.3 is 0 Å². The minimum Gasteiger partial charge on any atom is -0.504 e. The van der Waals surface area contributed by atoms with Crippen molar-refractivity contribution in [2.75, 3.05) is 13.1 Å². The molecule has 2 aliphatic heterocycles. The number of amides is 1. The number of hydrogen-bond acceptors (Lipinski definition) is 5. The van der Waals surface area contributed by atoms with Crippen LogP contribution < -0.4 is 10.2 Å². The molecule has 2 N–H and O–H groups in total. The van der Waals surface area contributed by atoms with Crippen molar-refractivity contribution in [1.82, 2.24) is 10.3 Å². The van der Waals surface area contributed by atoms with Crippen molar-refractivity contribution in [3.8, 4) is 11.5 Å². The van der Waals surface area contributed by atoms with Crippen LogP contribution in [0.25, 0.3) is 0 Å². The maximum Gasteiger partial charge on any atom is 0.271 e. The molecule has 2 aromatic rings. The smallest absolute Gasteiger partial charge is 0.271 e. The Kier molecular flexibility index (Phi) is 4.29. The molecule has 6 nitrogen and oxygen atoms in total. The van der Waals surface area contributed by atoms with Gasteiger partial charge in [0.15, 0.2) is 11.5 Å². The summed E-state index contributed by atoms with van der Waals surface area (Å²) in [5, 5.41) is 15.5. The molecule has 6 heteroatoms. The molecule has 1 saturated heterocycles. The van der Waals surface area contributed by atoms with E-state index < -0.39 is 0 Å². The minimum atomic E-state index is -0.238. The van der Waals surface area contributed by atoms with Gasteiger partial charge in [-0.15, -0.1) is 6.58 Å². The van der Waals surface area contributed by atoms with Gasteiger partial charge in [-0.05, 0) is 73.2 Å². The number of rotatable bonds is 4. The fourth-order valence-corrected chi connectivity index (χ4v) is 7.93. The standard InChI is InChI=1S/C28H29N3O3/c1-2-13-31-14-11-18-23-24-22-17-8-9-20(32)26(22)34-25(18)19(10-12-28(23,24)21(31)15-17)29-30-27(33)16-6-4-3-5-7-16/h2-9,18,21,23-25,32H,1,10-15H2,(H,30,33)/b29-19+/t18-,21+,23?,24?,25+,28-/m0/s1. The van der Waals surface area contributed by atoms with Gasteiger partial charge in [-0.3, -0.25) is 9.69 Å². The number of nitrogens with zero attached hydrogens (tertiary/aromatic N) is 2. The molecule has 2 heterocycles. The van der Waals surface area contributed by atoms with E-state index in [9.17, 15) is 9.90 Å².